The number of aliphatic hydroxyl groups excluding tert-OH is 1. The fourth-order valence-electron chi connectivity index (χ4n) is 4.06. The van der Waals surface area contributed by atoms with Gasteiger partial charge in [0.2, 0.25) is 5.78 Å². The average molecular weight is 453 g/mol. The molecule has 0 aliphatic carbocycles. The fourth-order valence-corrected chi connectivity index (χ4v) is 4.06. The molecule has 0 fully saturated rings. The van der Waals surface area contributed by atoms with Crippen LogP contribution in [0.2, 0.25) is 0 Å². The molecule has 1 aliphatic rings. The Bertz CT molecular complexity index is 1020. The SMILES string of the molecule is C=CCOc1ccc(C2C(C(=O)c3ccc(C)o3)=C(O)C(=O)N2CCCN(CC)CC)cc1. The van der Waals surface area contributed by atoms with Gasteiger partial charge < -0.3 is 24.1 Å². The first-order valence-electron chi connectivity index (χ1n) is 11.3. The van der Waals surface area contributed by atoms with Crippen LogP contribution in [0.4, 0.5) is 0 Å². The highest BCUT2D eigenvalue weighted by Gasteiger charge is 2.44. The topological polar surface area (TPSA) is 83.2 Å². The molecule has 1 amide bonds. The summed E-state index contributed by atoms with van der Waals surface area (Å²) in [5.74, 6) is -0.218. The van der Waals surface area contributed by atoms with Crippen LogP contribution in [-0.2, 0) is 4.79 Å². The summed E-state index contributed by atoms with van der Waals surface area (Å²) in [4.78, 5) is 30.2. The molecule has 1 aromatic heterocycles. The molecule has 7 heteroatoms. The van der Waals surface area contributed by atoms with Crippen LogP contribution in [0.5, 0.6) is 5.75 Å². The number of aliphatic hydroxyl groups is 1. The Morgan fingerprint density at radius 2 is 1.91 bits per heavy atom. The number of carbonyl (C=O) groups excluding carboxylic acids is 2. The normalized spacial score (nSPS) is 16.1. The van der Waals surface area contributed by atoms with Gasteiger partial charge in [-0.2, -0.15) is 0 Å². The molecule has 1 aliphatic heterocycles. The van der Waals surface area contributed by atoms with Crippen LogP contribution in [0.15, 0.2) is 64.8 Å². The molecule has 3 rings (SSSR count). The summed E-state index contributed by atoms with van der Waals surface area (Å²) in [6, 6.07) is 9.73. The van der Waals surface area contributed by atoms with E-state index in [1.165, 1.54) is 0 Å². The van der Waals surface area contributed by atoms with Gasteiger partial charge in [0.25, 0.3) is 5.91 Å². The Hall–Kier alpha value is -3.32. The van der Waals surface area contributed by atoms with Gasteiger partial charge in [0.05, 0.1) is 11.6 Å². The lowest BCUT2D eigenvalue weighted by atomic mass is 9.95. The Kier molecular flexibility index (Phi) is 8.11. The third kappa shape index (κ3) is 5.37. The highest BCUT2D eigenvalue weighted by molar-refractivity contribution is 6.15. The smallest absolute Gasteiger partial charge is 0.290 e. The van der Waals surface area contributed by atoms with E-state index >= 15 is 0 Å². The van der Waals surface area contributed by atoms with Crippen molar-refractivity contribution in [2.75, 3.05) is 32.8 Å². The summed E-state index contributed by atoms with van der Waals surface area (Å²) in [6.45, 7) is 13.0. The molecule has 0 spiro atoms. The highest BCUT2D eigenvalue weighted by atomic mass is 16.5. The maximum absolute atomic E-state index is 13.3. The second-order valence-electron chi connectivity index (χ2n) is 7.95. The molecule has 0 saturated heterocycles. The number of aryl methyl sites for hydroxylation is 1. The summed E-state index contributed by atoms with van der Waals surface area (Å²) in [6.07, 6.45) is 2.38. The number of hydrogen-bond acceptors (Lipinski definition) is 6. The second kappa shape index (κ2) is 11.0. The number of ether oxygens (including phenoxy) is 1. The van der Waals surface area contributed by atoms with Crippen molar-refractivity contribution in [2.45, 2.75) is 33.2 Å². The zero-order chi connectivity index (χ0) is 24.0. The molecule has 1 atom stereocenters. The molecular weight excluding hydrogens is 420 g/mol. The number of furan rings is 1. The third-order valence-electron chi connectivity index (χ3n) is 5.84. The Morgan fingerprint density at radius 3 is 2.48 bits per heavy atom. The summed E-state index contributed by atoms with van der Waals surface area (Å²) in [7, 11) is 0. The minimum absolute atomic E-state index is 0.0388. The molecule has 2 heterocycles. The number of rotatable bonds is 12. The van der Waals surface area contributed by atoms with Crippen LogP contribution < -0.4 is 4.74 Å². The lowest BCUT2D eigenvalue weighted by Crippen LogP contribution is -2.34. The van der Waals surface area contributed by atoms with E-state index in [0.717, 1.165) is 26.1 Å². The van der Waals surface area contributed by atoms with E-state index in [1.54, 1.807) is 42.2 Å². The molecule has 7 nitrogen and oxygen atoms in total. The Labute approximate surface area is 194 Å². The van der Waals surface area contributed by atoms with Gasteiger partial charge in [-0.1, -0.05) is 38.6 Å². The van der Waals surface area contributed by atoms with Crippen LogP contribution in [0.1, 0.15) is 48.2 Å². The predicted octanol–water partition coefficient (Wildman–Crippen LogP) is 4.46. The summed E-state index contributed by atoms with van der Waals surface area (Å²) >= 11 is 0. The molecule has 0 bridgehead atoms. The maximum Gasteiger partial charge on any atom is 0.290 e. The maximum atomic E-state index is 13.3. The zero-order valence-electron chi connectivity index (χ0n) is 19.5. The number of nitrogens with zero attached hydrogens (tertiary/aromatic N) is 2. The van der Waals surface area contributed by atoms with Crippen molar-refractivity contribution in [1.82, 2.24) is 9.80 Å². The van der Waals surface area contributed by atoms with Gasteiger partial charge in [-0.3, -0.25) is 9.59 Å². The summed E-state index contributed by atoms with van der Waals surface area (Å²) < 4.78 is 11.1. The molecule has 176 valence electrons. The van der Waals surface area contributed by atoms with Gasteiger partial charge in [-0.15, -0.1) is 0 Å². The van der Waals surface area contributed by atoms with Crippen molar-refractivity contribution in [1.29, 1.82) is 0 Å². The van der Waals surface area contributed by atoms with E-state index in [2.05, 4.69) is 25.3 Å². The number of Topliss-reactive ketones (excluding diaryl/α,β-unsaturated/α-hetero) is 1. The largest absolute Gasteiger partial charge is 0.503 e. The first-order valence-corrected chi connectivity index (χ1v) is 11.3. The van der Waals surface area contributed by atoms with Crippen LogP contribution in [0.3, 0.4) is 0 Å². The zero-order valence-corrected chi connectivity index (χ0v) is 19.5. The Morgan fingerprint density at radius 1 is 1.21 bits per heavy atom. The van der Waals surface area contributed by atoms with Gasteiger partial charge in [-0.05, 0) is 62.8 Å². The molecule has 1 aromatic carbocycles. The van der Waals surface area contributed by atoms with Gasteiger partial charge >= 0.3 is 0 Å². The number of ketones is 1. The molecule has 1 unspecified atom stereocenters. The molecule has 1 N–H and O–H groups in total. The van der Waals surface area contributed by atoms with E-state index in [-0.39, 0.29) is 11.3 Å². The predicted molar refractivity (Wildman–Crippen MR) is 126 cm³/mol. The number of carbonyl (C=O) groups is 2. The van der Waals surface area contributed by atoms with Crippen molar-refractivity contribution >= 4 is 11.7 Å². The van der Waals surface area contributed by atoms with Gasteiger partial charge in [0.1, 0.15) is 18.1 Å². The molecular formula is C26H32N2O5. The van der Waals surface area contributed by atoms with Crippen LogP contribution in [0.25, 0.3) is 0 Å². The summed E-state index contributed by atoms with van der Waals surface area (Å²) in [5.41, 5.74) is 0.754. The lowest BCUT2D eigenvalue weighted by molar-refractivity contribution is -0.129. The molecule has 0 radical (unpaired) electrons. The van der Waals surface area contributed by atoms with Crippen molar-refractivity contribution in [3.05, 3.63) is 77.5 Å². The van der Waals surface area contributed by atoms with Crippen LogP contribution in [-0.4, -0.2) is 59.4 Å². The van der Waals surface area contributed by atoms with Crippen LogP contribution >= 0.6 is 0 Å². The van der Waals surface area contributed by atoms with Gasteiger partial charge in [0.15, 0.2) is 11.5 Å². The van der Waals surface area contributed by atoms with Gasteiger partial charge in [-0.25, -0.2) is 0 Å². The van der Waals surface area contributed by atoms with Gasteiger partial charge in [0, 0.05) is 6.54 Å². The standard InChI is InChI=1S/C26H32N2O5/c1-5-17-32-20-12-10-19(11-13-20)23-22(24(29)21-14-9-18(4)33-21)25(30)26(31)28(23)16-8-15-27(6-2)7-3/h5,9-14,23,30H,1,6-8,15-17H2,2-4H3. The second-order valence-corrected chi connectivity index (χ2v) is 7.95. The minimum Gasteiger partial charge on any atom is -0.503 e. The molecule has 33 heavy (non-hydrogen) atoms. The van der Waals surface area contributed by atoms with E-state index in [4.69, 9.17) is 9.15 Å². The summed E-state index contributed by atoms with van der Waals surface area (Å²) in [5, 5.41) is 10.7. The van der Waals surface area contributed by atoms with Crippen molar-refractivity contribution in [2.24, 2.45) is 0 Å². The average Bonchev–Trinajstić information content (AvgIpc) is 3.37. The lowest BCUT2D eigenvalue weighted by Gasteiger charge is -2.28. The third-order valence-corrected chi connectivity index (χ3v) is 5.84. The number of benzene rings is 1. The number of amides is 1. The van der Waals surface area contributed by atoms with E-state index in [9.17, 15) is 14.7 Å². The van der Waals surface area contributed by atoms with Crippen LogP contribution in [0, 0.1) is 6.92 Å². The van der Waals surface area contributed by atoms with Crippen molar-refractivity contribution in [3.8, 4) is 5.75 Å². The minimum atomic E-state index is -0.708. The monoisotopic (exact) mass is 452 g/mol. The first-order chi connectivity index (χ1) is 15.9. The highest BCUT2D eigenvalue weighted by Crippen LogP contribution is 2.39. The van der Waals surface area contributed by atoms with Crippen molar-refractivity contribution < 1.29 is 23.8 Å². The molecule has 0 saturated carbocycles. The van der Waals surface area contributed by atoms with E-state index in [0.29, 0.717) is 30.2 Å². The van der Waals surface area contributed by atoms with E-state index in [1.807, 2.05) is 12.1 Å². The number of hydrogen-bond donors (Lipinski definition) is 1. The fraction of sp³-hybridized carbons (Fsp3) is 0.385. The van der Waals surface area contributed by atoms with Crippen molar-refractivity contribution in [3.63, 3.8) is 0 Å². The first kappa shape index (κ1) is 24.3. The van der Waals surface area contributed by atoms with E-state index < -0.39 is 23.5 Å². The Balaban J connectivity index is 1.93. The quantitative estimate of drug-likeness (QED) is 0.378. The molecule has 2 aromatic rings.